The van der Waals surface area contributed by atoms with E-state index in [9.17, 15) is 16.8 Å². The standard InChI is InChI=1S/C12H26N4O4S2/c1-2-21(17,18)14-6-10-22(19,20)16-7-3-12(11-16)15-8-4-13-5-9-15/h12-14H,2-11H2,1H3. The zero-order chi connectivity index (χ0) is 16.2. The Morgan fingerprint density at radius 1 is 1.14 bits per heavy atom. The third kappa shape index (κ3) is 4.87. The third-order valence-electron chi connectivity index (χ3n) is 4.25. The molecule has 0 aromatic rings. The lowest BCUT2D eigenvalue weighted by molar-refractivity contribution is 0.179. The summed E-state index contributed by atoms with van der Waals surface area (Å²) in [7, 11) is -6.74. The largest absolute Gasteiger partial charge is 0.314 e. The van der Waals surface area contributed by atoms with Crippen molar-refractivity contribution in [3.63, 3.8) is 0 Å². The van der Waals surface area contributed by atoms with E-state index in [2.05, 4.69) is 14.9 Å². The molecule has 0 spiro atoms. The van der Waals surface area contributed by atoms with Crippen molar-refractivity contribution < 1.29 is 16.8 Å². The lowest BCUT2D eigenvalue weighted by atomic mass is 10.2. The van der Waals surface area contributed by atoms with Crippen molar-refractivity contribution in [3.05, 3.63) is 0 Å². The molecular weight excluding hydrogens is 328 g/mol. The summed E-state index contributed by atoms with van der Waals surface area (Å²) in [4.78, 5) is 2.34. The van der Waals surface area contributed by atoms with Gasteiger partial charge < -0.3 is 5.32 Å². The van der Waals surface area contributed by atoms with E-state index < -0.39 is 20.0 Å². The molecule has 0 aromatic carbocycles. The zero-order valence-electron chi connectivity index (χ0n) is 13.0. The average molecular weight is 354 g/mol. The zero-order valence-corrected chi connectivity index (χ0v) is 14.6. The van der Waals surface area contributed by atoms with Gasteiger partial charge in [0.2, 0.25) is 20.0 Å². The molecule has 2 heterocycles. The maximum absolute atomic E-state index is 12.3. The number of hydrogen-bond acceptors (Lipinski definition) is 6. The minimum absolute atomic E-state index is 0.0398. The Morgan fingerprint density at radius 3 is 2.45 bits per heavy atom. The summed E-state index contributed by atoms with van der Waals surface area (Å²) >= 11 is 0. The molecule has 0 bridgehead atoms. The predicted octanol–water partition coefficient (Wildman–Crippen LogP) is -1.76. The number of nitrogens with zero attached hydrogens (tertiary/aromatic N) is 2. The smallest absolute Gasteiger partial charge is 0.215 e. The Hall–Kier alpha value is -0.260. The van der Waals surface area contributed by atoms with Crippen molar-refractivity contribution in [1.29, 1.82) is 0 Å². The van der Waals surface area contributed by atoms with Gasteiger partial charge in [-0.3, -0.25) is 4.90 Å². The number of piperazine rings is 1. The van der Waals surface area contributed by atoms with E-state index in [-0.39, 0.29) is 24.1 Å². The summed E-state index contributed by atoms with van der Waals surface area (Å²) in [6.07, 6.45) is 0.847. The fraction of sp³-hybridized carbons (Fsp3) is 1.00. The third-order valence-corrected chi connectivity index (χ3v) is 7.49. The molecule has 2 fully saturated rings. The lowest BCUT2D eigenvalue weighted by Gasteiger charge is -2.32. The maximum atomic E-state index is 12.3. The van der Waals surface area contributed by atoms with Crippen LogP contribution in [-0.2, 0) is 20.0 Å². The van der Waals surface area contributed by atoms with Crippen LogP contribution in [0, 0.1) is 0 Å². The summed E-state index contributed by atoms with van der Waals surface area (Å²) in [5.74, 6) is -0.220. The summed E-state index contributed by atoms with van der Waals surface area (Å²) in [6, 6.07) is 0.282. The molecule has 1 atom stereocenters. The fourth-order valence-electron chi connectivity index (χ4n) is 2.87. The Morgan fingerprint density at radius 2 is 1.82 bits per heavy atom. The summed E-state index contributed by atoms with van der Waals surface area (Å²) < 4.78 is 51.1. The fourth-order valence-corrected chi connectivity index (χ4v) is 5.01. The molecule has 8 nitrogen and oxygen atoms in total. The molecule has 0 amide bonds. The molecule has 2 aliphatic heterocycles. The lowest BCUT2D eigenvalue weighted by Crippen LogP contribution is -2.49. The Balaban J connectivity index is 1.83. The van der Waals surface area contributed by atoms with E-state index in [1.165, 1.54) is 11.2 Å². The quantitative estimate of drug-likeness (QED) is 0.562. The first-order valence-electron chi connectivity index (χ1n) is 7.74. The molecule has 0 aliphatic carbocycles. The van der Waals surface area contributed by atoms with Crippen molar-refractivity contribution in [1.82, 2.24) is 19.2 Å². The van der Waals surface area contributed by atoms with Gasteiger partial charge in [0.15, 0.2) is 0 Å². The van der Waals surface area contributed by atoms with Crippen LogP contribution in [0.1, 0.15) is 13.3 Å². The van der Waals surface area contributed by atoms with E-state index in [0.29, 0.717) is 13.1 Å². The number of hydrogen-bond donors (Lipinski definition) is 2. The van der Waals surface area contributed by atoms with Gasteiger partial charge in [0.05, 0.1) is 11.5 Å². The topological polar surface area (TPSA) is 98.8 Å². The molecule has 0 radical (unpaired) electrons. The van der Waals surface area contributed by atoms with Crippen LogP contribution >= 0.6 is 0 Å². The van der Waals surface area contributed by atoms with Crippen molar-refractivity contribution in [2.75, 3.05) is 57.3 Å². The SMILES string of the molecule is CCS(=O)(=O)NCCS(=O)(=O)N1CCC(N2CCNCC2)C1. The molecule has 1 unspecified atom stereocenters. The summed E-state index contributed by atoms with van der Waals surface area (Å²) in [6.45, 7) is 6.30. The minimum Gasteiger partial charge on any atom is -0.314 e. The van der Waals surface area contributed by atoms with Gasteiger partial charge in [-0.2, -0.15) is 0 Å². The van der Waals surface area contributed by atoms with Gasteiger partial charge in [0.1, 0.15) is 0 Å². The van der Waals surface area contributed by atoms with Gasteiger partial charge in [-0.15, -0.1) is 0 Å². The van der Waals surface area contributed by atoms with Crippen molar-refractivity contribution >= 4 is 20.0 Å². The predicted molar refractivity (Wildman–Crippen MR) is 85.7 cm³/mol. The highest BCUT2D eigenvalue weighted by atomic mass is 32.2. The molecule has 130 valence electrons. The second-order valence-electron chi connectivity index (χ2n) is 5.70. The maximum Gasteiger partial charge on any atom is 0.215 e. The minimum atomic E-state index is -3.40. The molecule has 0 saturated carbocycles. The molecule has 2 N–H and O–H groups in total. The normalized spacial score (nSPS) is 25.6. The highest BCUT2D eigenvalue weighted by Gasteiger charge is 2.34. The van der Waals surface area contributed by atoms with E-state index >= 15 is 0 Å². The second-order valence-corrected chi connectivity index (χ2v) is 9.88. The van der Waals surface area contributed by atoms with E-state index in [1.54, 1.807) is 0 Å². The monoisotopic (exact) mass is 354 g/mol. The van der Waals surface area contributed by atoms with Crippen molar-refractivity contribution in [2.24, 2.45) is 0 Å². The van der Waals surface area contributed by atoms with Crippen LogP contribution < -0.4 is 10.0 Å². The van der Waals surface area contributed by atoms with Crippen LogP contribution in [-0.4, -0.2) is 89.4 Å². The van der Waals surface area contributed by atoms with Crippen molar-refractivity contribution in [2.45, 2.75) is 19.4 Å². The highest BCUT2D eigenvalue weighted by Crippen LogP contribution is 2.19. The molecule has 22 heavy (non-hydrogen) atoms. The molecular formula is C12H26N4O4S2. The highest BCUT2D eigenvalue weighted by molar-refractivity contribution is 7.90. The van der Waals surface area contributed by atoms with Crippen LogP contribution in [0.25, 0.3) is 0 Å². The van der Waals surface area contributed by atoms with Gasteiger partial charge >= 0.3 is 0 Å². The average Bonchev–Trinajstić information content (AvgIpc) is 2.98. The molecule has 0 aromatic heterocycles. The number of nitrogens with one attached hydrogen (secondary N) is 2. The van der Waals surface area contributed by atoms with E-state index in [1.807, 2.05) is 0 Å². The first kappa shape index (κ1) is 18.1. The second kappa shape index (κ2) is 7.54. The van der Waals surface area contributed by atoms with E-state index in [4.69, 9.17) is 0 Å². The first-order valence-corrected chi connectivity index (χ1v) is 11.0. The molecule has 2 rings (SSSR count). The molecule has 10 heteroatoms. The summed E-state index contributed by atoms with van der Waals surface area (Å²) in [5.41, 5.74) is 0. The van der Waals surface area contributed by atoms with Gasteiger partial charge in [-0.05, 0) is 13.3 Å². The van der Waals surface area contributed by atoms with Gasteiger partial charge in [-0.25, -0.2) is 25.9 Å². The number of rotatable bonds is 7. The van der Waals surface area contributed by atoms with Gasteiger partial charge in [-0.1, -0.05) is 0 Å². The molecule has 2 saturated heterocycles. The van der Waals surface area contributed by atoms with Crippen molar-refractivity contribution in [3.8, 4) is 0 Å². The van der Waals surface area contributed by atoms with Crippen LogP contribution in [0.5, 0.6) is 0 Å². The first-order chi connectivity index (χ1) is 10.3. The number of sulfonamides is 2. The van der Waals surface area contributed by atoms with Crippen LogP contribution in [0.4, 0.5) is 0 Å². The Labute approximate surface area is 133 Å². The van der Waals surface area contributed by atoms with E-state index in [0.717, 1.165) is 32.6 Å². The summed E-state index contributed by atoms with van der Waals surface area (Å²) in [5, 5.41) is 3.29. The Bertz CT molecular complexity index is 558. The molecule has 2 aliphatic rings. The van der Waals surface area contributed by atoms with Gasteiger partial charge in [0.25, 0.3) is 0 Å². The van der Waals surface area contributed by atoms with Crippen LogP contribution in [0.15, 0.2) is 0 Å². The Kier molecular flexibility index (Phi) is 6.20. The van der Waals surface area contributed by atoms with Gasteiger partial charge in [0, 0.05) is 51.9 Å². The van der Waals surface area contributed by atoms with Crippen LogP contribution in [0.2, 0.25) is 0 Å². The van der Waals surface area contributed by atoms with Crippen LogP contribution in [0.3, 0.4) is 0 Å².